The molecule has 3 heterocycles. The van der Waals surface area contributed by atoms with E-state index >= 15 is 0 Å². The molecule has 1 fully saturated rings. The average molecular weight is 510 g/mol. The van der Waals surface area contributed by atoms with Gasteiger partial charge in [0, 0.05) is 24.2 Å². The van der Waals surface area contributed by atoms with E-state index in [0.717, 1.165) is 41.1 Å². The van der Waals surface area contributed by atoms with E-state index in [1.54, 1.807) is 36.1 Å². The van der Waals surface area contributed by atoms with Crippen molar-refractivity contribution in [3.05, 3.63) is 51.4 Å². The molecule has 0 radical (unpaired) electrons. The minimum absolute atomic E-state index is 0.125. The molecule has 1 saturated heterocycles. The molecular formula is C21H24BrN3O3S2. The number of benzene rings is 1. The largest absolute Gasteiger partial charge is 0.339 e. The Morgan fingerprint density at radius 3 is 2.47 bits per heavy atom. The SMILES string of the molecule is Cc1c(C(=O)N(C)C2CCN(C)CC2)c2ccccc2n1S(=O)(=O)c1ccc(Br)s1. The predicted octanol–water partition coefficient (Wildman–Crippen LogP) is 4.18. The van der Waals surface area contributed by atoms with Gasteiger partial charge in [-0.2, -0.15) is 8.42 Å². The highest BCUT2D eigenvalue weighted by molar-refractivity contribution is 9.11. The third-order valence-electron chi connectivity index (χ3n) is 5.87. The molecule has 160 valence electrons. The molecule has 1 amide bonds. The third-order valence-corrected chi connectivity index (χ3v) is 9.77. The first-order chi connectivity index (χ1) is 14.2. The van der Waals surface area contributed by atoms with Crippen molar-refractivity contribution in [2.45, 2.75) is 30.0 Å². The van der Waals surface area contributed by atoms with Gasteiger partial charge in [0.05, 0.1) is 14.9 Å². The number of amides is 1. The summed E-state index contributed by atoms with van der Waals surface area (Å²) in [6.07, 6.45) is 1.83. The first kappa shape index (κ1) is 21.5. The Hall–Kier alpha value is -1.68. The van der Waals surface area contributed by atoms with Crippen LogP contribution in [0.15, 0.2) is 44.4 Å². The van der Waals surface area contributed by atoms with Crippen molar-refractivity contribution in [3.8, 4) is 0 Å². The molecule has 0 atom stereocenters. The minimum Gasteiger partial charge on any atom is -0.339 e. The van der Waals surface area contributed by atoms with Gasteiger partial charge in [0.1, 0.15) is 4.21 Å². The van der Waals surface area contributed by atoms with Gasteiger partial charge in [0.25, 0.3) is 15.9 Å². The van der Waals surface area contributed by atoms with Crippen molar-refractivity contribution in [2.75, 3.05) is 27.2 Å². The lowest BCUT2D eigenvalue weighted by Gasteiger charge is -2.35. The van der Waals surface area contributed by atoms with Gasteiger partial charge in [-0.25, -0.2) is 3.97 Å². The zero-order chi connectivity index (χ0) is 21.6. The molecule has 6 nitrogen and oxygen atoms in total. The van der Waals surface area contributed by atoms with Crippen molar-refractivity contribution < 1.29 is 13.2 Å². The van der Waals surface area contributed by atoms with Crippen molar-refractivity contribution in [3.63, 3.8) is 0 Å². The van der Waals surface area contributed by atoms with Crippen LogP contribution in [0.2, 0.25) is 0 Å². The van der Waals surface area contributed by atoms with Crippen LogP contribution >= 0.6 is 27.3 Å². The molecule has 2 aromatic heterocycles. The van der Waals surface area contributed by atoms with Crippen LogP contribution in [-0.4, -0.2) is 61.3 Å². The van der Waals surface area contributed by atoms with Gasteiger partial charge in [0.2, 0.25) is 0 Å². The zero-order valence-electron chi connectivity index (χ0n) is 17.1. The maximum absolute atomic E-state index is 13.5. The minimum atomic E-state index is -3.82. The highest BCUT2D eigenvalue weighted by atomic mass is 79.9. The van der Waals surface area contributed by atoms with Crippen LogP contribution in [0.5, 0.6) is 0 Å². The Kier molecular flexibility index (Phi) is 5.82. The van der Waals surface area contributed by atoms with Crippen molar-refractivity contribution in [1.82, 2.24) is 13.8 Å². The molecule has 0 aliphatic carbocycles. The molecule has 0 bridgehead atoms. The Morgan fingerprint density at radius 2 is 1.83 bits per heavy atom. The van der Waals surface area contributed by atoms with Gasteiger partial charge in [-0.15, -0.1) is 11.3 Å². The van der Waals surface area contributed by atoms with Crippen LogP contribution in [0.25, 0.3) is 10.9 Å². The number of piperidine rings is 1. The Bertz CT molecular complexity index is 1210. The fourth-order valence-electron chi connectivity index (χ4n) is 4.17. The predicted molar refractivity (Wildman–Crippen MR) is 124 cm³/mol. The quantitative estimate of drug-likeness (QED) is 0.529. The first-order valence-electron chi connectivity index (χ1n) is 9.78. The van der Waals surface area contributed by atoms with Crippen molar-refractivity contribution in [1.29, 1.82) is 0 Å². The number of thiophene rings is 1. The molecule has 4 rings (SSSR count). The Labute approximate surface area is 189 Å². The van der Waals surface area contributed by atoms with E-state index in [1.807, 2.05) is 19.2 Å². The van der Waals surface area contributed by atoms with E-state index in [2.05, 4.69) is 27.9 Å². The lowest BCUT2D eigenvalue weighted by atomic mass is 10.0. The van der Waals surface area contributed by atoms with Crippen LogP contribution in [0.1, 0.15) is 28.9 Å². The average Bonchev–Trinajstić information content (AvgIpc) is 3.28. The monoisotopic (exact) mass is 509 g/mol. The molecule has 30 heavy (non-hydrogen) atoms. The molecule has 0 N–H and O–H groups in total. The summed E-state index contributed by atoms with van der Waals surface area (Å²) in [7, 11) is 0.0969. The second-order valence-electron chi connectivity index (χ2n) is 7.76. The number of para-hydroxylation sites is 1. The second kappa shape index (κ2) is 8.11. The summed E-state index contributed by atoms with van der Waals surface area (Å²) in [5.41, 5.74) is 1.44. The summed E-state index contributed by atoms with van der Waals surface area (Å²) in [5, 5.41) is 0.666. The molecule has 9 heteroatoms. The lowest BCUT2D eigenvalue weighted by Crippen LogP contribution is -2.44. The summed E-state index contributed by atoms with van der Waals surface area (Å²) in [6.45, 7) is 3.62. The highest BCUT2D eigenvalue weighted by Gasteiger charge is 2.32. The molecule has 1 aliphatic heterocycles. The van der Waals surface area contributed by atoms with Gasteiger partial charge in [-0.3, -0.25) is 4.79 Å². The molecule has 1 aromatic carbocycles. The number of hydrogen-bond donors (Lipinski definition) is 0. The van der Waals surface area contributed by atoms with Crippen LogP contribution in [0, 0.1) is 6.92 Å². The van der Waals surface area contributed by atoms with Gasteiger partial charge in [0.15, 0.2) is 0 Å². The van der Waals surface area contributed by atoms with E-state index in [1.165, 1.54) is 3.97 Å². The fraction of sp³-hybridized carbons (Fsp3) is 0.381. The zero-order valence-corrected chi connectivity index (χ0v) is 20.3. The summed E-state index contributed by atoms with van der Waals surface area (Å²) >= 11 is 4.50. The molecule has 3 aromatic rings. The number of carbonyl (C=O) groups is 1. The summed E-state index contributed by atoms with van der Waals surface area (Å²) in [5.74, 6) is -0.125. The molecule has 0 spiro atoms. The standard InChI is InChI=1S/C21H24BrN3O3S2/c1-14-20(21(26)24(3)15-10-12-23(2)13-11-15)16-6-4-5-7-17(16)25(14)30(27,28)19-9-8-18(22)29-19/h4-9,15H,10-13H2,1-3H3. The van der Waals surface area contributed by atoms with Gasteiger partial charge >= 0.3 is 0 Å². The van der Waals surface area contributed by atoms with Crippen LogP contribution in [0.4, 0.5) is 0 Å². The highest BCUT2D eigenvalue weighted by Crippen LogP contribution is 2.34. The number of aromatic nitrogens is 1. The summed E-state index contributed by atoms with van der Waals surface area (Å²) in [4.78, 5) is 17.6. The fourth-order valence-corrected chi connectivity index (χ4v) is 7.81. The van der Waals surface area contributed by atoms with E-state index < -0.39 is 10.0 Å². The second-order valence-corrected chi connectivity index (χ2v) is 12.2. The van der Waals surface area contributed by atoms with Gasteiger partial charge in [-0.05, 0) is 74.0 Å². The normalized spacial score (nSPS) is 16.3. The van der Waals surface area contributed by atoms with E-state index in [-0.39, 0.29) is 16.2 Å². The van der Waals surface area contributed by atoms with Crippen molar-refractivity contribution in [2.24, 2.45) is 0 Å². The molecule has 1 aliphatic rings. The van der Waals surface area contributed by atoms with Crippen LogP contribution in [-0.2, 0) is 10.0 Å². The maximum atomic E-state index is 13.5. The van der Waals surface area contributed by atoms with Gasteiger partial charge in [-0.1, -0.05) is 18.2 Å². The number of carbonyl (C=O) groups excluding carboxylic acids is 1. The van der Waals surface area contributed by atoms with E-state index in [4.69, 9.17) is 0 Å². The Morgan fingerprint density at radius 1 is 1.17 bits per heavy atom. The molecule has 0 unspecified atom stereocenters. The number of likely N-dealkylation sites (tertiary alicyclic amines) is 1. The number of hydrogen-bond acceptors (Lipinski definition) is 5. The summed E-state index contributed by atoms with van der Waals surface area (Å²) < 4.78 is 29.2. The number of fused-ring (bicyclic) bond motifs is 1. The Balaban J connectivity index is 1.82. The number of rotatable bonds is 4. The maximum Gasteiger partial charge on any atom is 0.277 e. The van der Waals surface area contributed by atoms with E-state index in [0.29, 0.717) is 22.2 Å². The lowest BCUT2D eigenvalue weighted by molar-refractivity contribution is 0.0661. The topological polar surface area (TPSA) is 62.6 Å². The number of nitrogens with zero attached hydrogens (tertiary/aromatic N) is 3. The van der Waals surface area contributed by atoms with Crippen LogP contribution < -0.4 is 0 Å². The summed E-state index contributed by atoms with van der Waals surface area (Å²) in [6, 6.07) is 10.7. The molecular weight excluding hydrogens is 486 g/mol. The smallest absolute Gasteiger partial charge is 0.277 e. The third kappa shape index (κ3) is 3.62. The first-order valence-corrected chi connectivity index (χ1v) is 12.8. The number of halogens is 1. The van der Waals surface area contributed by atoms with Gasteiger partial charge < -0.3 is 9.80 Å². The van der Waals surface area contributed by atoms with Crippen molar-refractivity contribution >= 4 is 54.1 Å². The molecule has 0 saturated carbocycles. The van der Waals surface area contributed by atoms with E-state index in [9.17, 15) is 13.2 Å². The van der Waals surface area contributed by atoms with Crippen LogP contribution in [0.3, 0.4) is 0 Å².